The minimum atomic E-state index is 1.10. The first-order valence-corrected chi connectivity index (χ1v) is 6.78. The van der Waals surface area contributed by atoms with Crippen molar-refractivity contribution in [3.63, 3.8) is 0 Å². The highest BCUT2D eigenvalue weighted by molar-refractivity contribution is 7.69. The number of aromatic nitrogens is 1. The van der Waals surface area contributed by atoms with Crippen molar-refractivity contribution in [2.24, 2.45) is 0 Å². The van der Waals surface area contributed by atoms with Crippen molar-refractivity contribution < 1.29 is 0 Å². The molecule has 0 aliphatic heterocycles. The molecule has 0 N–H and O–H groups in total. The van der Waals surface area contributed by atoms with Crippen molar-refractivity contribution >= 4 is 31.1 Å². The second-order valence-electron chi connectivity index (χ2n) is 3.30. The van der Waals surface area contributed by atoms with Gasteiger partial charge in [0.25, 0.3) is 15.2 Å². The lowest BCUT2D eigenvalue weighted by Crippen LogP contribution is -1.76. The zero-order chi connectivity index (χ0) is 10.1. The Kier molecular flexibility index (Phi) is 2.19. The van der Waals surface area contributed by atoms with Crippen LogP contribution in [0.4, 0.5) is 0 Å². The van der Waals surface area contributed by atoms with Crippen LogP contribution < -0.4 is 0 Å². The van der Waals surface area contributed by atoms with Gasteiger partial charge in [-0.05, 0) is 23.3 Å². The predicted octanol–water partition coefficient (Wildman–Crippen LogP) is 4.31. The molecule has 3 rings (SSSR count). The second kappa shape index (κ2) is 3.68. The normalized spacial score (nSPS) is 10.7. The van der Waals surface area contributed by atoms with Gasteiger partial charge in [-0.3, -0.25) is 0 Å². The first-order valence-electron chi connectivity index (χ1n) is 4.68. The molecular formula is C12H8NS2+. The summed E-state index contributed by atoms with van der Waals surface area (Å²) >= 11 is 0. The van der Waals surface area contributed by atoms with Crippen molar-refractivity contribution in [3.8, 4) is 11.1 Å². The lowest BCUT2D eigenvalue weighted by molar-refractivity contribution is 1.62. The highest BCUT2D eigenvalue weighted by atomic mass is 32.9. The van der Waals surface area contributed by atoms with Crippen LogP contribution in [0.1, 0.15) is 0 Å². The summed E-state index contributed by atoms with van der Waals surface area (Å²) in [5.74, 6) is 0. The zero-order valence-corrected chi connectivity index (χ0v) is 9.52. The van der Waals surface area contributed by atoms with E-state index in [4.69, 9.17) is 0 Å². The standard InChI is InChI=1S/C12H8NS2/c1-2-4-9(5-3-1)10-6-7-12-11(8-10)13-15-14-12/h1-8H/q+1. The molecule has 0 saturated carbocycles. The molecule has 1 nitrogen and oxygen atoms in total. The molecule has 0 unspecified atom stereocenters. The van der Waals surface area contributed by atoms with Gasteiger partial charge in [-0.15, -0.1) is 4.37 Å². The van der Waals surface area contributed by atoms with Crippen LogP contribution in [0.15, 0.2) is 48.5 Å². The molecular weight excluding hydrogens is 222 g/mol. The van der Waals surface area contributed by atoms with Crippen molar-refractivity contribution in [3.05, 3.63) is 48.5 Å². The molecule has 15 heavy (non-hydrogen) atoms. The first kappa shape index (κ1) is 8.95. The van der Waals surface area contributed by atoms with Gasteiger partial charge in [-0.1, -0.05) is 30.3 Å². The average Bonchev–Trinajstić information content (AvgIpc) is 2.77. The van der Waals surface area contributed by atoms with Gasteiger partial charge < -0.3 is 0 Å². The molecule has 0 bridgehead atoms. The van der Waals surface area contributed by atoms with Crippen molar-refractivity contribution in [1.29, 1.82) is 0 Å². The minimum absolute atomic E-state index is 1.10. The van der Waals surface area contributed by atoms with Crippen molar-refractivity contribution in [2.45, 2.75) is 0 Å². The Morgan fingerprint density at radius 1 is 0.933 bits per heavy atom. The Morgan fingerprint density at radius 3 is 2.67 bits per heavy atom. The lowest BCUT2D eigenvalue weighted by atomic mass is 10.1. The quantitative estimate of drug-likeness (QED) is 0.448. The van der Waals surface area contributed by atoms with E-state index in [2.05, 4.69) is 46.8 Å². The van der Waals surface area contributed by atoms with Gasteiger partial charge in [-0.25, -0.2) is 0 Å². The van der Waals surface area contributed by atoms with Crippen LogP contribution in [0.5, 0.6) is 0 Å². The van der Waals surface area contributed by atoms with E-state index in [0.717, 1.165) is 5.52 Å². The molecule has 0 radical (unpaired) electrons. The van der Waals surface area contributed by atoms with Crippen molar-refractivity contribution in [1.82, 2.24) is 4.37 Å². The van der Waals surface area contributed by atoms with E-state index >= 15 is 0 Å². The van der Waals surface area contributed by atoms with Gasteiger partial charge in [0.05, 0.1) is 0 Å². The first-order chi connectivity index (χ1) is 7.43. The van der Waals surface area contributed by atoms with Crippen LogP contribution in [-0.4, -0.2) is 4.37 Å². The molecule has 72 valence electrons. The zero-order valence-electron chi connectivity index (χ0n) is 7.88. The molecule has 0 spiro atoms. The number of benzene rings is 2. The summed E-state index contributed by atoms with van der Waals surface area (Å²) in [5, 5.41) is 0. The Morgan fingerprint density at radius 2 is 1.80 bits per heavy atom. The molecule has 0 saturated heterocycles. The molecule has 1 heterocycles. The fourth-order valence-corrected chi connectivity index (χ4v) is 3.30. The summed E-state index contributed by atoms with van der Waals surface area (Å²) in [6.07, 6.45) is 0. The Bertz CT molecular complexity index is 587. The molecule has 3 aromatic rings. The second-order valence-corrected chi connectivity index (χ2v) is 5.18. The lowest BCUT2D eigenvalue weighted by Gasteiger charge is -1.98. The van der Waals surface area contributed by atoms with Gasteiger partial charge in [-0.2, -0.15) is 0 Å². The SMILES string of the molecule is c1ccc(-c2ccc3[s+]snc3c2)cc1. The van der Waals surface area contributed by atoms with Gasteiger partial charge in [0.2, 0.25) is 0 Å². The molecule has 0 aliphatic carbocycles. The maximum absolute atomic E-state index is 4.37. The van der Waals surface area contributed by atoms with Gasteiger partial charge in [0, 0.05) is 6.07 Å². The van der Waals surface area contributed by atoms with Crippen LogP contribution in [-0.2, 0) is 0 Å². The third-order valence-corrected chi connectivity index (χ3v) is 4.19. The molecule has 1 aromatic heterocycles. The minimum Gasteiger partial charge on any atom is -0.135 e. The fraction of sp³-hybridized carbons (Fsp3) is 0. The number of nitrogens with zero attached hydrogens (tertiary/aromatic N) is 1. The van der Waals surface area contributed by atoms with Crippen LogP contribution in [0, 0.1) is 0 Å². The summed E-state index contributed by atoms with van der Waals surface area (Å²) in [4.78, 5) is 0. The third kappa shape index (κ3) is 1.64. The van der Waals surface area contributed by atoms with Crippen molar-refractivity contribution in [2.75, 3.05) is 0 Å². The van der Waals surface area contributed by atoms with E-state index in [9.17, 15) is 0 Å². The van der Waals surface area contributed by atoms with Crippen LogP contribution in [0.2, 0.25) is 0 Å². The number of hydrogen-bond acceptors (Lipinski definition) is 2. The van der Waals surface area contributed by atoms with E-state index in [1.54, 1.807) is 20.9 Å². The maximum Gasteiger partial charge on any atom is 0.323 e. The Labute approximate surface area is 95.2 Å². The highest BCUT2D eigenvalue weighted by Crippen LogP contribution is 2.27. The number of hydrogen-bond donors (Lipinski definition) is 0. The Balaban J connectivity index is 2.19. The molecule has 0 amide bonds. The third-order valence-electron chi connectivity index (χ3n) is 2.33. The molecule has 0 fully saturated rings. The summed E-state index contributed by atoms with van der Waals surface area (Å²) in [7, 11) is 3.27. The summed E-state index contributed by atoms with van der Waals surface area (Å²) in [6, 6.07) is 16.8. The number of fused-ring (bicyclic) bond motifs is 1. The van der Waals surface area contributed by atoms with E-state index in [1.165, 1.54) is 15.8 Å². The smallest absolute Gasteiger partial charge is 0.135 e. The van der Waals surface area contributed by atoms with Gasteiger partial charge in [0.1, 0.15) is 5.52 Å². The van der Waals surface area contributed by atoms with E-state index in [-0.39, 0.29) is 0 Å². The van der Waals surface area contributed by atoms with E-state index in [0.29, 0.717) is 0 Å². The maximum atomic E-state index is 4.37. The molecule has 0 aliphatic rings. The molecule has 0 atom stereocenters. The molecule has 3 heteroatoms. The summed E-state index contributed by atoms with van der Waals surface area (Å²) in [5.41, 5.74) is 3.59. The number of rotatable bonds is 1. The van der Waals surface area contributed by atoms with E-state index < -0.39 is 0 Å². The van der Waals surface area contributed by atoms with E-state index in [1.807, 2.05) is 6.07 Å². The monoisotopic (exact) mass is 230 g/mol. The average molecular weight is 230 g/mol. The largest absolute Gasteiger partial charge is 0.323 e. The van der Waals surface area contributed by atoms with Gasteiger partial charge >= 0.3 is 10.3 Å². The summed E-state index contributed by atoms with van der Waals surface area (Å²) < 4.78 is 5.63. The van der Waals surface area contributed by atoms with Crippen LogP contribution in [0.3, 0.4) is 0 Å². The fourth-order valence-electron chi connectivity index (χ4n) is 1.57. The Hall–Kier alpha value is -1.32. The predicted molar refractivity (Wildman–Crippen MR) is 67.3 cm³/mol. The highest BCUT2D eigenvalue weighted by Gasteiger charge is 2.09. The molecule has 2 aromatic carbocycles. The van der Waals surface area contributed by atoms with Gasteiger partial charge in [0.15, 0.2) is 0 Å². The van der Waals surface area contributed by atoms with Crippen LogP contribution in [0.25, 0.3) is 21.3 Å². The topological polar surface area (TPSA) is 12.9 Å². The summed E-state index contributed by atoms with van der Waals surface area (Å²) in [6.45, 7) is 0. The van der Waals surface area contributed by atoms with Crippen LogP contribution >= 0.6 is 20.9 Å².